The summed E-state index contributed by atoms with van der Waals surface area (Å²) in [5.74, 6) is -57.8. The van der Waals surface area contributed by atoms with Crippen molar-refractivity contribution in [2.24, 2.45) is 5.92 Å². The lowest BCUT2D eigenvalue weighted by molar-refractivity contribution is -0.461. The normalized spacial score (nSPS) is 16.1. The molecule has 1 amide bonds. The molecule has 1 rings (SSSR count). The summed E-state index contributed by atoms with van der Waals surface area (Å²) in [4.78, 5) is 11.2. The van der Waals surface area contributed by atoms with E-state index in [0.29, 0.717) is 11.1 Å². The molecule has 0 aliphatic heterocycles. The molecule has 0 saturated heterocycles. The minimum Gasteiger partial charge on any atom is -0.491 e. The number of rotatable bonds is 21. The Labute approximate surface area is 316 Å². The monoisotopic (exact) mass is 881 g/mol. The molecule has 1 aromatic rings. The third-order valence-electron chi connectivity index (χ3n) is 9.15. The number of nitrogens with one attached hydrogen (secondary N) is 1. The maximum Gasteiger partial charge on any atom is 0.460 e. The number of halogens is 17. The van der Waals surface area contributed by atoms with Crippen LogP contribution in [-0.2, 0) is 9.22 Å². The summed E-state index contributed by atoms with van der Waals surface area (Å²) in [5.41, 5.74) is 0.542. The lowest BCUT2D eigenvalue weighted by Crippen LogP contribution is -2.74. The van der Waals surface area contributed by atoms with E-state index in [0.717, 1.165) is 6.08 Å². The lowest BCUT2D eigenvalue weighted by atomic mass is 9.88. The summed E-state index contributed by atoms with van der Waals surface area (Å²) >= 11 is 0. The van der Waals surface area contributed by atoms with E-state index in [1.165, 1.54) is 63.5 Å². The Hall–Kier alpha value is -3.12. The molecule has 0 radical (unpaired) electrons. The summed E-state index contributed by atoms with van der Waals surface area (Å²) < 4.78 is 245. The largest absolute Gasteiger partial charge is 0.491 e. The molecule has 0 aliphatic rings. The fourth-order valence-corrected chi connectivity index (χ4v) is 9.97. The van der Waals surface area contributed by atoms with Gasteiger partial charge in [-0.1, -0.05) is 58.9 Å². The fourth-order valence-electron chi connectivity index (χ4n) is 5.51. The Kier molecular flexibility index (Phi) is 16.4. The van der Waals surface area contributed by atoms with Gasteiger partial charge in [-0.05, 0) is 47.3 Å². The minimum atomic E-state index is -8.69. The molecule has 330 valence electrons. The predicted molar refractivity (Wildman–Crippen MR) is 171 cm³/mol. The predicted octanol–water partition coefficient (Wildman–Crippen LogP) is 10.9. The highest BCUT2D eigenvalue weighted by atomic mass is 28.4. The van der Waals surface area contributed by atoms with Gasteiger partial charge in [-0.25, -0.2) is 5.48 Å². The van der Waals surface area contributed by atoms with Crippen molar-refractivity contribution in [1.29, 1.82) is 0 Å². The SMILES string of the molecule is CC(/C=C/[C@@H](C)[C@H](O)c1ccc(OCCO[Si](CCC(F)(F)C(F)(F)C(F)(F)C(F)(F)C(F)(F)C(F)(F)C(F)(F)C(F)(F)F)(C(C)C)C(C)C)cc1)=C\C(=O)NO. The summed E-state index contributed by atoms with van der Waals surface area (Å²) in [5, 5.41) is 19.2. The van der Waals surface area contributed by atoms with Crippen LogP contribution in [0.25, 0.3) is 0 Å². The Bertz CT molecular complexity index is 1540. The summed E-state index contributed by atoms with van der Waals surface area (Å²) in [7, 11) is -3.95. The molecule has 0 fully saturated rings. The zero-order chi connectivity index (χ0) is 45.0. The van der Waals surface area contributed by atoms with E-state index in [9.17, 15) is 84.5 Å². The number of alkyl halides is 17. The van der Waals surface area contributed by atoms with Gasteiger partial charge in [0.2, 0.25) is 0 Å². The van der Waals surface area contributed by atoms with Crippen LogP contribution in [-0.4, -0.2) is 85.4 Å². The van der Waals surface area contributed by atoms with Gasteiger partial charge in [0.1, 0.15) is 12.4 Å². The number of benzene rings is 1. The maximum absolute atomic E-state index is 14.9. The van der Waals surface area contributed by atoms with Gasteiger partial charge in [0.25, 0.3) is 5.91 Å². The van der Waals surface area contributed by atoms with Gasteiger partial charge in [-0.15, -0.1) is 0 Å². The van der Waals surface area contributed by atoms with Crippen molar-refractivity contribution in [2.75, 3.05) is 13.2 Å². The zero-order valence-electron chi connectivity index (χ0n) is 30.7. The first-order valence-corrected chi connectivity index (χ1v) is 18.8. The maximum atomic E-state index is 14.9. The molecule has 0 heterocycles. The summed E-state index contributed by atoms with van der Waals surface area (Å²) in [6.07, 6.45) is -7.25. The van der Waals surface area contributed by atoms with Crippen molar-refractivity contribution in [3.05, 3.63) is 53.6 Å². The van der Waals surface area contributed by atoms with Crippen molar-refractivity contribution < 1.29 is 98.9 Å². The second kappa shape index (κ2) is 18.0. The van der Waals surface area contributed by atoms with E-state index >= 15 is 0 Å². The fraction of sp³-hybridized carbons (Fsp3) is 0.667. The zero-order valence-corrected chi connectivity index (χ0v) is 31.7. The van der Waals surface area contributed by atoms with Gasteiger partial charge in [-0.3, -0.25) is 10.0 Å². The van der Waals surface area contributed by atoms with E-state index in [1.807, 2.05) is 0 Å². The first-order valence-electron chi connectivity index (χ1n) is 16.5. The number of hydroxylamine groups is 1. The molecule has 0 unspecified atom stereocenters. The molecule has 0 aliphatic carbocycles. The Morgan fingerprint density at radius 2 is 1.16 bits per heavy atom. The number of carbonyl (C=O) groups is 1. The third-order valence-corrected chi connectivity index (χ3v) is 14.8. The molecule has 3 N–H and O–H groups in total. The highest BCUT2D eigenvalue weighted by molar-refractivity contribution is 6.76. The number of aliphatic hydroxyl groups excluding tert-OH is 1. The van der Waals surface area contributed by atoms with E-state index < -0.39 is 104 Å². The molecular formula is C33H40F17NO5Si. The quantitative estimate of drug-likeness (QED) is 0.0218. The smallest absolute Gasteiger partial charge is 0.460 e. The van der Waals surface area contributed by atoms with Gasteiger partial charge in [0, 0.05) is 18.4 Å². The van der Waals surface area contributed by atoms with Crippen molar-refractivity contribution >= 4 is 14.2 Å². The van der Waals surface area contributed by atoms with Crippen molar-refractivity contribution in [3.8, 4) is 5.75 Å². The molecule has 6 nitrogen and oxygen atoms in total. The first kappa shape index (κ1) is 51.9. The number of amides is 1. The van der Waals surface area contributed by atoms with Gasteiger partial charge in [0.15, 0.2) is 8.32 Å². The van der Waals surface area contributed by atoms with Crippen LogP contribution in [0.3, 0.4) is 0 Å². The number of hydrogen-bond acceptors (Lipinski definition) is 5. The van der Waals surface area contributed by atoms with Gasteiger partial charge in [-0.2, -0.15) is 74.6 Å². The molecule has 0 spiro atoms. The molecule has 24 heteroatoms. The number of carbonyl (C=O) groups excluding carboxylic acids is 1. The van der Waals surface area contributed by atoms with E-state index in [4.69, 9.17) is 14.4 Å². The molecule has 1 aromatic carbocycles. The highest BCUT2D eigenvalue weighted by Crippen LogP contribution is 2.64. The number of hydrogen-bond donors (Lipinski definition) is 3. The van der Waals surface area contributed by atoms with Crippen LogP contribution in [0.15, 0.2) is 48.1 Å². The molecule has 0 bridgehead atoms. The average Bonchev–Trinajstić information content (AvgIpc) is 3.08. The first-order chi connectivity index (χ1) is 25.5. The van der Waals surface area contributed by atoms with Crippen LogP contribution < -0.4 is 10.2 Å². The van der Waals surface area contributed by atoms with Crippen LogP contribution in [0.1, 0.15) is 59.6 Å². The summed E-state index contributed by atoms with van der Waals surface area (Å²) in [6.45, 7) is 7.59. The standard InChI is InChI=1S/C33H40F17NO5Si/c1-18(2)57(19(3)4,56-15-14-55-23-11-9-22(10-12-23)25(53)21(6)8-7-20(5)17-24(52)51-54)16-13-26(34,35)27(36,37)28(38,39)29(40,41)30(42,43)31(44,45)32(46,47)33(48,49)50/h7-12,17-19,21,25,53-54H,13-16H2,1-6H3,(H,51,52)/b8-7+,20-17+/t21-,25+/m1/s1. The van der Waals surface area contributed by atoms with Crippen LogP contribution >= 0.6 is 0 Å². The summed E-state index contributed by atoms with van der Waals surface area (Å²) in [6, 6.07) is 4.38. The van der Waals surface area contributed by atoms with Gasteiger partial charge in [0.05, 0.1) is 12.7 Å². The Morgan fingerprint density at radius 3 is 1.58 bits per heavy atom. The van der Waals surface area contributed by atoms with Crippen molar-refractivity contribution in [1.82, 2.24) is 5.48 Å². The number of aliphatic hydroxyl groups is 1. The topological polar surface area (TPSA) is 88.0 Å². The Balaban J connectivity index is 3.20. The van der Waals surface area contributed by atoms with Crippen LogP contribution in [0.4, 0.5) is 74.6 Å². The van der Waals surface area contributed by atoms with Crippen molar-refractivity contribution in [2.45, 2.75) is 119 Å². The molecule has 0 saturated carbocycles. The molecule has 2 atom stereocenters. The number of allylic oxidation sites excluding steroid dienone is 2. The van der Waals surface area contributed by atoms with E-state index in [2.05, 4.69) is 0 Å². The van der Waals surface area contributed by atoms with E-state index in [-0.39, 0.29) is 12.4 Å². The molecule has 0 aromatic heterocycles. The average molecular weight is 882 g/mol. The highest BCUT2D eigenvalue weighted by Gasteiger charge is 2.95. The second-order valence-corrected chi connectivity index (χ2v) is 18.7. The van der Waals surface area contributed by atoms with Crippen LogP contribution in [0, 0.1) is 5.92 Å². The van der Waals surface area contributed by atoms with Crippen LogP contribution in [0.2, 0.25) is 17.1 Å². The lowest BCUT2D eigenvalue weighted by Gasteiger charge is -2.44. The second-order valence-electron chi connectivity index (χ2n) is 13.7. The third kappa shape index (κ3) is 10.2. The van der Waals surface area contributed by atoms with Gasteiger partial charge >= 0.3 is 47.6 Å². The van der Waals surface area contributed by atoms with Crippen molar-refractivity contribution in [3.63, 3.8) is 0 Å². The minimum absolute atomic E-state index is 0.151. The Morgan fingerprint density at radius 1 is 0.719 bits per heavy atom. The van der Waals surface area contributed by atoms with Gasteiger partial charge < -0.3 is 14.3 Å². The molecule has 57 heavy (non-hydrogen) atoms. The number of ether oxygens (including phenoxy) is 1. The van der Waals surface area contributed by atoms with Crippen LogP contribution in [0.5, 0.6) is 5.75 Å². The van der Waals surface area contributed by atoms with E-state index in [1.54, 1.807) is 19.9 Å². The molecular weight excluding hydrogens is 841 g/mol.